The second kappa shape index (κ2) is 9.48. The Kier molecular flexibility index (Phi) is 7.40. The second-order valence-electron chi connectivity index (χ2n) is 9.64. The monoisotopic (exact) mass is 452 g/mol. The van der Waals surface area contributed by atoms with Crippen molar-refractivity contribution >= 4 is 35.0 Å². The lowest BCUT2D eigenvalue weighted by Gasteiger charge is -2.39. The van der Waals surface area contributed by atoms with Crippen LogP contribution < -0.4 is 10.6 Å². The van der Waals surface area contributed by atoms with Crippen LogP contribution in [-0.4, -0.2) is 23.9 Å². The van der Waals surface area contributed by atoms with E-state index in [0.717, 1.165) is 49.2 Å². The average Bonchev–Trinajstić information content (AvgIpc) is 3.42. The molecule has 0 saturated heterocycles. The van der Waals surface area contributed by atoms with Crippen LogP contribution in [0.5, 0.6) is 0 Å². The van der Waals surface area contributed by atoms with Crippen LogP contribution in [0.25, 0.3) is 0 Å². The van der Waals surface area contributed by atoms with Crippen molar-refractivity contribution in [2.45, 2.75) is 84.2 Å². The molecule has 6 heteroatoms. The summed E-state index contributed by atoms with van der Waals surface area (Å²) < 4.78 is 0. The Hall–Kier alpha value is -1.26. The average molecular weight is 453 g/mol. The molecule has 30 heavy (non-hydrogen) atoms. The third-order valence-corrected chi connectivity index (χ3v) is 8.21. The maximum absolute atomic E-state index is 13.3. The molecule has 166 valence electrons. The molecular weight excluding hydrogens is 419 g/mol. The minimum absolute atomic E-state index is 0.0383. The molecule has 2 bridgehead atoms. The molecule has 2 amide bonds. The van der Waals surface area contributed by atoms with Crippen molar-refractivity contribution in [3.63, 3.8) is 0 Å². The predicted molar refractivity (Wildman–Crippen MR) is 123 cm³/mol. The Bertz CT molecular complexity index is 774. The molecule has 0 radical (unpaired) electrons. The lowest BCUT2D eigenvalue weighted by atomic mass is 9.73. The van der Waals surface area contributed by atoms with Crippen molar-refractivity contribution in [3.05, 3.63) is 33.9 Å². The molecule has 0 heterocycles. The van der Waals surface area contributed by atoms with Gasteiger partial charge in [-0.2, -0.15) is 0 Å². The predicted octanol–water partition coefficient (Wildman–Crippen LogP) is 5.57. The third kappa shape index (κ3) is 4.80. The molecule has 4 nitrogen and oxygen atoms in total. The van der Waals surface area contributed by atoms with Gasteiger partial charge in [0.05, 0.1) is 16.1 Å². The third-order valence-electron chi connectivity index (χ3n) is 7.36. The number of carbonyl (C=O) groups excluding carboxylic acids is 2. The van der Waals surface area contributed by atoms with E-state index in [-0.39, 0.29) is 35.2 Å². The highest BCUT2D eigenvalue weighted by molar-refractivity contribution is 6.41. The van der Waals surface area contributed by atoms with Crippen LogP contribution in [0.15, 0.2) is 33.9 Å². The van der Waals surface area contributed by atoms with E-state index in [9.17, 15) is 9.59 Å². The van der Waals surface area contributed by atoms with Gasteiger partial charge in [-0.1, -0.05) is 35.4 Å². The van der Waals surface area contributed by atoms with Gasteiger partial charge in [-0.3, -0.25) is 9.59 Å². The van der Waals surface area contributed by atoms with Crippen LogP contribution in [0.3, 0.4) is 0 Å². The fourth-order valence-electron chi connectivity index (χ4n) is 5.93. The number of hydrogen-bond donors (Lipinski definition) is 2. The minimum Gasteiger partial charge on any atom is -0.354 e. The van der Waals surface area contributed by atoms with Gasteiger partial charge in [-0.15, -0.1) is 0 Å². The van der Waals surface area contributed by atoms with Crippen molar-refractivity contribution in [3.8, 4) is 0 Å². The Morgan fingerprint density at radius 2 is 1.77 bits per heavy atom. The fourth-order valence-corrected chi connectivity index (χ4v) is 6.40. The van der Waals surface area contributed by atoms with E-state index >= 15 is 0 Å². The first-order chi connectivity index (χ1) is 14.2. The van der Waals surface area contributed by atoms with E-state index < -0.39 is 0 Å². The summed E-state index contributed by atoms with van der Waals surface area (Å²) in [6, 6.07) is -0.0673. The van der Waals surface area contributed by atoms with E-state index in [1.54, 1.807) is 6.08 Å². The van der Waals surface area contributed by atoms with Crippen LogP contribution in [0.4, 0.5) is 0 Å². The molecule has 0 aromatic heterocycles. The van der Waals surface area contributed by atoms with Gasteiger partial charge in [0.25, 0.3) is 0 Å². The van der Waals surface area contributed by atoms with Crippen LogP contribution in [0.1, 0.15) is 72.1 Å². The zero-order chi connectivity index (χ0) is 22.1. The number of halogens is 2. The van der Waals surface area contributed by atoms with E-state index in [1.165, 1.54) is 19.8 Å². The van der Waals surface area contributed by atoms with E-state index in [2.05, 4.69) is 17.2 Å². The summed E-state index contributed by atoms with van der Waals surface area (Å²) in [5.41, 5.74) is 2.05. The highest BCUT2D eigenvalue weighted by Gasteiger charge is 2.52. The molecule has 3 atom stereocenters. The lowest BCUT2D eigenvalue weighted by molar-refractivity contribution is -0.126. The van der Waals surface area contributed by atoms with Gasteiger partial charge in [0.15, 0.2) is 0 Å². The highest BCUT2D eigenvalue weighted by Crippen LogP contribution is 2.58. The summed E-state index contributed by atoms with van der Waals surface area (Å²) in [4.78, 5) is 24.7. The number of hydrogen-bond acceptors (Lipinski definition) is 2. The summed E-state index contributed by atoms with van der Waals surface area (Å²) in [5.74, 6) is 0.686. The standard InChI is InChI=1S/C24H34Cl2N2O2/c1-5-19(25)21(26)20(14(2)3)22(24-10-8-16(13-24)9-11-24)28-23(30)17-6-7-18(12-17)27-15(4)29/h5,16-18,22H,1,6-13H2,2-4H3,(H,27,29)(H,28,30)/b21-19-/t16?,17-,18?,22?,24?/m0/s1. The summed E-state index contributed by atoms with van der Waals surface area (Å²) in [6.07, 6.45) is 9.65. The first kappa shape index (κ1) is 23.4. The maximum Gasteiger partial charge on any atom is 0.223 e. The smallest absolute Gasteiger partial charge is 0.223 e. The number of allylic oxidation sites excluding steroid dienone is 3. The van der Waals surface area contributed by atoms with E-state index in [0.29, 0.717) is 16.5 Å². The Balaban J connectivity index is 1.88. The zero-order valence-electron chi connectivity index (χ0n) is 18.3. The molecular formula is C24H34Cl2N2O2. The van der Waals surface area contributed by atoms with Gasteiger partial charge < -0.3 is 10.6 Å². The van der Waals surface area contributed by atoms with Crippen LogP contribution in [0.2, 0.25) is 0 Å². The Morgan fingerprint density at radius 3 is 2.27 bits per heavy atom. The van der Waals surface area contributed by atoms with E-state index in [4.69, 9.17) is 23.2 Å². The molecule has 3 fully saturated rings. The molecule has 3 rings (SSSR count). The van der Waals surface area contributed by atoms with Crippen LogP contribution in [-0.2, 0) is 9.59 Å². The molecule has 0 aromatic carbocycles. The van der Waals surface area contributed by atoms with Gasteiger partial charge in [0.1, 0.15) is 0 Å². The van der Waals surface area contributed by atoms with Gasteiger partial charge in [0, 0.05) is 18.9 Å². The molecule has 3 saturated carbocycles. The number of amides is 2. The summed E-state index contributed by atoms with van der Waals surface area (Å²) in [7, 11) is 0. The fraction of sp³-hybridized carbons (Fsp3) is 0.667. The molecule has 0 spiro atoms. The summed E-state index contributed by atoms with van der Waals surface area (Å²) in [5, 5.41) is 7.28. The molecule has 3 aliphatic rings. The quantitative estimate of drug-likeness (QED) is 0.496. The van der Waals surface area contributed by atoms with E-state index in [1.807, 2.05) is 13.8 Å². The molecule has 3 aliphatic carbocycles. The SMILES string of the molecule is C=C/C(Cl)=C(/Cl)C(=C(C)C)C(NC(=O)[C@H]1CCC(NC(C)=O)C1)C12CCC(CC1)C2. The van der Waals surface area contributed by atoms with Crippen molar-refractivity contribution in [2.24, 2.45) is 17.3 Å². The Morgan fingerprint density at radius 1 is 1.10 bits per heavy atom. The normalized spacial score (nSPS) is 31.7. The molecule has 0 aliphatic heterocycles. The Labute approximate surface area is 190 Å². The maximum atomic E-state index is 13.3. The minimum atomic E-state index is -0.150. The van der Waals surface area contributed by atoms with Gasteiger partial charge in [0.2, 0.25) is 11.8 Å². The second-order valence-corrected chi connectivity index (χ2v) is 10.4. The first-order valence-corrected chi connectivity index (χ1v) is 11.9. The van der Waals surface area contributed by atoms with Gasteiger partial charge in [-0.05, 0) is 88.2 Å². The topological polar surface area (TPSA) is 58.2 Å². The van der Waals surface area contributed by atoms with Crippen molar-refractivity contribution in [1.29, 1.82) is 0 Å². The number of nitrogens with one attached hydrogen (secondary N) is 2. The number of rotatable bonds is 7. The number of carbonyl (C=O) groups is 2. The molecule has 2 N–H and O–H groups in total. The van der Waals surface area contributed by atoms with Gasteiger partial charge in [-0.25, -0.2) is 0 Å². The van der Waals surface area contributed by atoms with Crippen molar-refractivity contribution in [1.82, 2.24) is 10.6 Å². The largest absolute Gasteiger partial charge is 0.354 e. The first-order valence-electron chi connectivity index (χ1n) is 11.1. The molecule has 2 unspecified atom stereocenters. The number of fused-ring (bicyclic) bond motifs is 2. The van der Waals surface area contributed by atoms with Crippen molar-refractivity contribution in [2.75, 3.05) is 0 Å². The molecule has 0 aromatic rings. The lowest BCUT2D eigenvalue weighted by Crippen LogP contribution is -2.49. The highest BCUT2D eigenvalue weighted by atomic mass is 35.5. The van der Waals surface area contributed by atoms with Gasteiger partial charge >= 0.3 is 0 Å². The summed E-state index contributed by atoms with van der Waals surface area (Å²) >= 11 is 13.1. The van der Waals surface area contributed by atoms with Crippen molar-refractivity contribution < 1.29 is 9.59 Å². The van der Waals surface area contributed by atoms with Crippen LogP contribution >= 0.6 is 23.2 Å². The summed E-state index contributed by atoms with van der Waals surface area (Å²) in [6.45, 7) is 9.35. The zero-order valence-corrected chi connectivity index (χ0v) is 19.8. The van der Waals surface area contributed by atoms with Crippen LogP contribution in [0, 0.1) is 17.3 Å².